The number of methoxy groups -OCH3 is 1. The Bertz CT molecular complexity index is 687. The molecule has 0 amide bonds. The molecular weight excluding hydrogens is 332 g/mol. The second kappa shape index (κ2) is 6.68. The van der Waals surface area contributed by atoms with Gasteiger partial charge in [-0.25, -0.2) is 5.32 Å². The van der Waals surface area contributed by atoms with E-state index in [1.54, 1.807) is 40.0 Å². The minimum Gasteiger partial charge on any atom is -0.366 e. The van der Waals surface area contributed by atoms with Crippen LogP contribution in [0.4, 0.5) is 0 Å². The number of rotatable bonds is 4. The van der Waals surface area contributed by atoms with Crippen molar-refractivity contribution in [1.82, 2.24) is 5.32 Å². The SMILES string of the molecule is COC1CC(N)[N+](N)(OS(=O)(=O)c2c(C)cc(C)cc2C)C(C)N1. The maximum absolute atomic E-state index is 12.9. The Hall–Kier alpha value is -1.07. The number of hydrogen-bond acceptors (Lipinski definition) is 7. The van der Waals surface area contributed by atoms with Crippen LogP contribution >= 0.6 is 0 Å². The summed E-state index contributed by atoms with van der Waals surface area (Å²) in [6.07, 6.45) is -1.32. The number of aryl methyl sites for hydroxylation is 3. The lowest BCUT2D eigenvalue weighted by Gasteiger charge is -2.44. The van der Waals surface area contributed by atoms with Crippen LogP contribution in [-0.2, 0) is 19.1 Å². The third-order valence-corrected chi connectivity index (χ3v) is 5.97. The van der Waals surface area contributed by atoms with Crippen molar-refractivity contribution in [2.75, 3.05) is 7.11 Å². The summed E-state index contributed by atoms with van der Waals surface area (Å²) in [7, 11) is -2.55. The summed E-state index contributed by atoms with van der Waals surface area (Å²) in [4.78, 5) is 0.129. The number of nitrogens with zero attached hydrogens (tertiary/aromatic N) is 1. The Labute approximate surface area is 143 Å². The van der Waals surface area contributed by atoms with Gasteiger partial charge in [0, 0.05) is 14.0 Å². The number of nitrogens with two attached hydrogens (primary N) is 2. The first kappa shape index (κ1) is 19.3. The maximum atomic E-state index is 12.9. The molecule has 2 rings (SSSR count). The molecule has 0 spiro atoms. The Balaban J connectivity index is 2.39. The van der Waals surface area contributed by atoms with E-state index in [-0.39, 0.29) is 11.1 Å². The van der Waals surface area contributed by atoms with E-state index in [1.807, 2.05) is 6.92 Å². The van der Waals surface area contributed by atoms with Gasteiger partial charge in [0.1, 0.15) is 11.1 Å². The molecule has 0 aromatic heterocycles. The molecule has 1 aliphatic heterocycles. The first-order valence-corrected chi connectivity index (χ1v) is 9.17. The molecule has 1 aliphatic rings. The molecule has 0 bridgehead atoms. The zero-order valence-corrected chi connectivity index (χ0v) is 15.6. The van der Waals surface area contributed by atoms with Crippen molar-refractivity contribution in [1.29, 1.82) is 0 Å². The molecule has 4 atom stereocenters. The fourth-order valence-electron chi connectivity index (χ4n) is 3.18. The van der Waals surface area contributed by atoms with E-state index < -0.39 is 27.2 Å². The second-order valence-electron chi connectivity index (χ2n) is 6.39. The van der Waals surface area contributed by atoms with Gasteiger partial charge >= 0.3 is 10.1 Å². The molecule has 5 N–H and O–H groups in total. The number of hydroxylamine groups is 2. The molecule has 24 heavy (non-hydrogen) atoms. The molecule has 4 unspecified atom stereocenters. The van der Waals surface area contributed by atoms with Gasteiger partial charge in [0.2, 0.25) is 0 Å². The first-order chi connectivity index (χ1) is 11.0. The smallest absolute Gasteiger partial charge is 0.345 e. The average molecular weight is 359 g/mol. The number of nitrogens with one attached hydrogen (secondary N) is 1. The van der Waals surface area contributed by atoms with Gasteiger partial charge in [0.25, 0.3) is 0 Å². The number of benzene rings is 1. The van der Waals surface area contributed by atoms with Crippen LogP contribution in [0.1, 0.15) is 30.0 Å². The van der Waals surface area contributed by atoms with Crippen molar-refractivity contribution in [3.05, 3.63) is 28.8 Å². The van der Waals surface area contributed by atoms with Crippen molar-refractivity contribution in [2.24, 2.45) is 11.6 Å². The topological polar surface area (TPSA) is 117 Å². The summed E-state index contributed by atoms with van der Waals surface area (Å²) >= 11 is 0. The Morgan fingerprint density at radius 2 is 1.79 bits per heavy atom. The van der Waals surface area contributed by atoms with E-state index in [9.17, 15) is 8.42 Å². The molecule has 8 nitrogen and oxygen atoms in total. The van der Waals surface area contributed by atoms with Crippen molar-refractivity contribution >= 4 is 10.1 Å². The molecule has 0 radical (unpaired) electrons. The molecule has 9 heteroatoms. The van der Waals surface area contributed by atoms with Gasteiger partial charge in [-0.05, 0) is 36.2 Å². The lowest BCUT2D eigenvalue weighted by molar-refractivity contribution is -1.13. The standard InChI is InChI=1S/C15H27N4O4S/c1-9-6-10(2)15(11(3)7-9)24(20,21)23-19(17)12(4)18-14(22-5)8-13(19)16/h6-7,12-14,18H,8,16-17H2,1-5H3/q+1. The van der Waals surface area contributed by atoms with Crippen LogP contribution in [0.2, 0.25) is 0 Å². The zero-order valence-electron chi connectivity index (χ0n) is 14.7. The van der Waals surface area contributed by atoms with Crippen LogP contribution in [0.3, 0.4) is 0 Å². The van der Waals surface area contributed by atoms with E-state index in [4.69, 9.17) is 20.6 Å². The minimum atomic E-state index is -4.10. The highest BCUT2D eigenvalue weighted by Crippen LogP contribution is 2.29. The largest absolute Gasteiger partial charge is 0.366 e. The zero-order chi connectivity index (χ0) is 18.3. The van der Waals surface area contributed by atoms with Gasteiger partial charge in [-0.15, -0.1) is 5.84 Å². The molecule has 1 aromatic carbocycles. The predicted octanol–water partition coefficient (Wildman–Crippen LogP) is 0.519. The van der Waals surface area contributed by atoms with E-state index >= 15 is 0 Å². The monoisotopic (exact) mass is 359 g/mol. The van der Waals surface area contributed by atoms with E-state index in [1.165, 1.54) is 0 Å². The summed E-state index contributed by atoms with van der Waals surface area (Å²) in [5.74, 6) is 6.21. The Morgan fingerprint density at radius 3 is 2.25 bits per heavy atom. The van der Waals surface area contributed by atoms with Gasteiger partial charge in [-0.3, -0.25) is 5.73 Å². The highest BCUT2D eigenvalue weighted by molar-refractivity contribution is 7.86. The van der Waals surface area contributed by atoms with Crippen molar-refractivity contribution in [3.63, 3.8) is 0 Å². The average Bonchev–Trinajstić information content (AvgIpc) is 2.42. The summed E-state index contributed by atoms with van der Waals surface area (Å²) in [6.45, 7) is 7.08. The lowest BCUT2D eigenvalue weighted by Crippen LogP contribution is -2.77. The normalized spacial score (nSPS) is 31.2. The fraction of sp³-hybridized carbons (Fsp3) is 0.600. The summed E-state index contributed by atoms with van der Waals surface area (Å²) in [6, 6.07) is 3.59. The van der Waals surface area contributed by atoms with E-state index in [0.29, 0.717) is 17.5 Å². The van der Waals surface area contributed by atoms with E-state index in [2.05, 4.69) is 5.32 Å². The summed E-state index contributed by atoms with van der Waals surface area (Å²) in [5.41, 5.74) is 8.30. The highest BCUT2D eigenvalue weighted by Gasteiger charge is 2.50. The van der Waals surface area contributed by atoms with Crippen LogP contribution in [0.25, 0.3) is 0 Å². The third-order valence-electron chi connectivity index (χ3n) is 4.37. The van der Waals surface area contributed by atoms with Gasteiger partial charge < -0.3 is 4.74 Å². The number of quaternary nitrogens is 1. The van der Waals surface area contributed by atoms with Crippen LogP contribution in [0.15, 0.2) is 17.0 Å². The van der Waals surface area contributed by atoms with Gasteiger partial charge in [-0.2, -0.15) is 8.42 Å². The summed E-state index contributed by atoms with van der Waals surface area (Å²) in [5, 5.41) is 3.05. The van der Waals surface area contributed by atoms with Gasteiger partial charge in [0.15, 0.2) is 12.3 Å². The number of ether oxygens (including phenoxy) is 1. The molecule has 1 fully saturated rings. The molecule has 1 aromatic rings. The van der Waals surface area contributed by atoms with Crippen molar-refractivity contribution < 1.29 is 22.2 Å². The Kier molecular flexibility index (Phi) is 5.36. The quantitative estimate of drug-likeness (QED) is 0.530. The van der Waals surface area contributed by atoms with Crippen LogP contribution < -0.4 is 16.9 Å². The van der Waals surface area contributed by atoms with Gasteiger partial charge in [-0.1, -0.05) is 22.5 Å². The molecule has 136 valence electrons. The highest BCUT2D eigenvalue weighted by atomic mass is 32.2. The molecule has 0 aliphatic carbocycles. The first-order valence-electron chi connectivity index (χ1n) is 7.76. The maximum Gasteiger partial charge on any atom is 0.345 e. The Morgan fingerprint density at radius 1 is 1.25 bits per heavy atom. The van der Waals surface area contributed by atoms with Crippen LogP contribution in [0, 0.1) is 20.8 Å². The van der Waals surface area contributed by atoms with E-state index in [0.717, 1.165) is 5.56 Å². The molecule has 1 saturated heterocycles. The molecular formula is C15H27N4O4S+. The number of hydrogen-bond donors (Lipinski definition) is 3. The molecule has 1 heterocycles. The third kappa shape index (κ3) is 3.47. The fourth-order valence-corrected chi connectivity index (χ4v) is 4.74. The summed E-state index contributed by atoms with van der Waals surface area (Å²) < 4.78 is 35.6. The van der Waals surface area contributed by atoms with Crippen LogP contribution in [-0.4, -0.2) is 38.8 Å². The van der Waals surface area contributed by atoms with Crippen molar-refractivity contribution in [2.45, 2.75) is 57.6 Å². The minimum absolute atomic E-state index is 0.129. The molecule has 0 saturated carbocycles. The predicted molar refractivity (Wildman–Crippen MR) is 89.4 cm³/mol. The second-order valence-corrected chi connectivity index (χ2v) is 7.86. The van der Waals surface area contributed by atoms with Gasteiger partial charge in [0.05, 0.1) is 6.42 Å². The lowest BCUT2D eigenvalue weighted by atomic mass is 10.1. The van der Waals surface area contributed by atoms with Crippen molar-refractivity contribution in [3.8, 4) is 0 Å². The van der Waals surface area contributed by atoms with Crippen LogP contribution in [0.5, 0.6) is 0 Å².